The van der Waals surface area contributed by atoms with Gasteiger partial charge in [-0.25, -0.2) is 5.43 Å². The van der Waals surface area contributed by atoms with Crippen LogP contribution in [0.25, 0.3) is 5.69 Å². The van der Waals surface area contributed by atoms with Gasteiger partial charge in [-0.3, -0.25) is 9.36 Å². The smallest absolute Gasteiger partial charge is 0.253 e. The van der Waals surface area contributed by atoms with Gasteiger partial charge in [0.2, 0.25) is 0 Å². The molecule has 9 heteroatoms. The predicted octanol–water partition coefficient (Wildman–Crippen LogP) is 5.44. The monoisotopic (exact) mass is 506 g/mol. The summed E-state index contributed by atoms with van der Waals surface area (Å²) in [6.45, 7) is 7.12. The average Bonchev–Trinajstić information content (AvgIpc) is 3.30. The fourth-order valence-corrected chi connectivity index (χ4v) is 4.99. The molecule has 1 aliphatic carbocycles. The molecular formula is C27H34N6O2S. The lowest BCUT2D eigenvalue weighted by Gasteiger charge is -2.20. The topological polar surface area (TPSA) is 93.4 Å². The van der Waals surface area contributed by atoms with Crippen LogP contribution in [0.15, 0.2) is 64.9 Å². The molecular weight excluding hydrogens is 472 g/mol. The minimum Gasteiger partial charge on any atom is -0.494 e. The molecule has 8 nitrogen and oxygen atoms in total. The molecule has 0 radical (unpaired) electrons. The first-order chi connectivity index (χ1) is 17.5. The number of carbonyl (C=O) groups excluding carboxylic acids is 1. The molecule has 36 heavy (non-hydrogen) atoms. The predicted molar refractivity (Wildman–Crippen MR) is 145 cm³/mol. The van der Waals surface area contributed by atoms with Gasteiger partial charge in [-0.15, -0.1) is 10.2 Å². The van der Waals surface area contributed by atoms with Crippen molar-refractivity contribution in [2.75, 3.05) is 11.9 Å². The van der Waals surface area contributed by atoms with Crippen LogP contribution in [-0.2, 0) is 11.3 Å². The number of nitrogens with one attached hydrogen (secondary N) is 2. The molecule has 4 rings (SSSR count). The summed E-state index contributed by atoms with van der Waals surface area (Å²) in [5.41, 5.74) is 5.76. The van der Waals surface area contributed by atoms with Crippen LogP contribution in [0.2, 0.25) is 0 Å². The number of rotatable bonds is 10. The largest absolute Gasteiger partial charge is 0.494 e. The number of anilines is 1. The second-order valence-corrected chi connectivity index (χ2v) is 10.2. The molecule has 0 saturated heterocycles. The summed E-state index contributed by atoms with van der Waals surface area (Å²) >= 11 is 1.37. The first kappa shape index (κ1) is 25.8. The van der Waals surface area contributed by atoms with Gasteiger partial charge in [-0.2, -0.15) is 5.10 Å². The van der Waals surface area contributed by atoms with Crippen molar-refractivity contribution >= 4 is 29.1 Å². The molecule has 190 valence electrons. The Morgan fingerprint density at radius 2 is 1.94 bits per heavy atom. The van der Waals surface area contributed by atoms with Gasteiger partial charge in [-0.05, 0) is 75.4 Å². The fraction of sp³-hybridized carbons (Fsp3) is 0.407. The van der Waals surface area contributed by atoms with E-state index in [1.165, 1.54) is 18.2 Å². The molecule has 0 unspecified atom stereocenters. The highest BCUT2D eigenvalue weighted by Gasteiger charge is 2.22. The maximum absolute atomic E-state index is 12.8. The maximum atomic E-state index is 12.8. The number of hydrogen-bond acceptors (Lipinski definition) is 7. The number of benzene rings is 2. The van der Waals surface area contributed by atoms with E-state index in [4.69, 9.17) is 4.74 Å². The van der Waals surface area contributed by atoms with E-state index in [1.807, 2.05) is 73.0 Å². The molecule has 1 aliphatic rings. The summed E-state index contributed by atoms with van der Waals surface area (Å²) in [7, 11) is 0. The average molecular weight is 507 g/mol. The molecule has 2 atom stereocenters. The number of ether oxygens (including phenoxy) is 1. The molecule has 0 bridgehead atoms. The molecule has 0 aliphatic heterocycles. The zero-order valence-electron chi connectivity index (χ0n) is 21.1. The second kappa shape index (κ2) is 12.6. The standard InChI is InChI=1S/C27H34N6O2S/c1-4-35-23-16-14-21(15-17-23)28-18-25-30-32-27(33(25)22-11-6-5-7-12-22)36-20(3)26(34)31-29-24-13-9-8-10-19(24)2/h5-7,11-12,14-17,19-20,28H,4,8-10,13,18H2,1-3H3,(H,31,34)/t19-,20+/m1/s1. The van der Waals surface area contributed by atoms with Crippen LogP contribution in [0, 0.1) is 5.92 Å². The molecule has 2 N–H and O–H groups in total. The van der Waals surface area contributed by atoms with Crippen LogP contribution < -0.4 is 15.5 Å². The van der Waals surface area contributed by atoms with Gasteiger partial charge >= 0.3 is 0 Å². The maximum Gasteiger partial charge on any atom is 0.253 e. The van der Waals surface area contributed by atoms with Crippen LogP contribution in [-0.4, -0.2) is 38.2 Å². The normalized spacial score (nSPS) is 17.5. The van der Waals surface area contributed by atoms with E-state index in [-0.39, 0.29) is 11.2 Å². The first-order valence-electron chi connectivity index (χ1n) is 12.5. The third kappa shape index (κ3) is 6.66. The zero-order valence-corrected chi connectivity index (χ0v) is 21.9. The number of thioether (sulfide) groups is 1. The zero-order chi connectivity index (χ0) is 25.3. The summed E-state index contributed by atoms with van der Waals surface area (Å²) in [5.74, 6) is 1.88. The SMILES string of the molecule is CCOc1ccc(NCc2nnc(S[C@@H](C)C(=O)NN=C3CCCC[C@H]3C)n2-c2ccccc2)cc1. The van der Waals surface area contributed by atoms with E-state index >= 15 is 0 Å². The van der Waals surface area contributed by atoms with E-state index in [1.54, 1.807) is 0 Å². The Morgan fingerprint density at radius 1 is 1.17 bits per heavy atom. The lowest BCUT2D eigenvalue weighted by Crippen LogP contribution is -2.30. The van der Waals surface area contributed by atoms with Crippen LogP contribution in [0.3, 0.4) is 0 Å². The Kier molecular flexibility index (Phi) is 9.00. The highest BCUT2D eigenvalue weighted by atomic mass is 32.2. The van der Waals surface area contributed by atoms with E-state index < -0.39 is 0 Å². The third-order valence-electron chi connectivity index (χ3n) is 6.18. The third-order valence-corrected chi connectivity index (χ3v) is 7.22. The van der Waals surface area contributed by atoms with Crippen molar-refractivity contribution in [1.29, 1.82) is 0 Å². The molecule has 1 saturated carbocycles. The Hall–Kier alpha value is -3.33. The number of amides is 1. The molecule has 1 aromatic heterocycles. The fourth-order valence-electron chi connectivity index (χ4n) is 4.11. The number of nitrogens with zero attached hydrogens (tertiary/aromatic N) is 4. The molecule has 1 fully saturated rings. The molecule has 3 aromatic rings. The summed E-state index contributed by atoms with van der Waals surface area (Å²) in [6.07, 6.45) is 4.45. The molecule has 0 spiro atoms. The van der Waals surface area contributed by atoms with Gasteiger partial charge in [0, 0.05) is 17.1 Å². The quantitative estimate of drug-likeness (QED) is 0.281. The van der Waals surface area contributed by atoms with Crippen LogP contribution in [0.1, 0.15) is 52.3 Å². The van der Waals surface area contributed by atoms with Crippen molar-refractivity contribution in [1.82, 2.24) is 20.2 Å². The van der Waals surface area contributed by atoms with Gasteiger partial charge in [0.25, 0.3) is 5.91 Å². The first-order valence-corrected chi connectivity index (χ1v) is 13.4. The number of carbonyl (C=O) groups is 1. The van der Waals surface area contributed by atoms with Crippen molar-refractivity contribution in [2.24, 2.45) is 11.0 Å². The summed E-state index contributed by atoms with van der Waals surface area (Å²) < 4.78 is 7.51. The Bertz CT molecular complexity index is 1160. The highest BCUT2D eigenvalue weighted by molar-refractivity contribution is 8.00. The van der Waals surface area contributed by atoms with Crippen molar-refractivity contribution in [3.63, 3.8) is 0 Å². The number of aromatic nitrogens is 3. The Balaban J connectivity index is 1.47. The van der Waals surface area contributed by atoms with Crippen molar-refractivity contribution in [3.05, 3.63) is 60.4 Å². The van der Waals surface area contributed by atoms with E-state index in [0.29, 0.717) is 24.2 Å². The minimum absolute atomic E-state index is 0.137. The molecule has 1 heterocycles. The van der Waals surface area contributed by atoms with Crippen LogP contribution >= 0.6 is 11.8 Å². The van der Waals surface area contributed by atoms with Gasteiger partial charge in [0.05, 0.1) is 18.4 Å². The Morgan fingerprint density at radius 3 is 2.67 bits per heavy atom. The van der Waals surface area contributed by atoms with Gasteiger partial charge in [0.15, 0.2) is 11.0 Å². The van der Waals surface area contributed by atoms with Gasteiger partial charge in [0.1, 0.15) is 5.75 Å². The van der Waals surface area contributed by atoms with Crippen molar-refractivity contribution in [3.8, 4) is 11.4 Å². The number of para-hydroxylation sites is 1. The lowest BCUT2D eigenvalue weighted by atomic mass is 9.89. The number of hydrogen-bond donors (Lipinski definition) is 2. The summed E-state index contributed by atoms with van der Waals surface area (Å²) in [4.78, 5) is 12.8. The second-order valence-electron chi connectivity index (χ2n) is 8.87. The lowest BCUT2D eigenvalue weighted by molar-refractivity contribution is -0.120. The Labute approximate surface area is 216 Å². The molecule has 2 aromatic carbocycles. The van der Waals surface area contributed by atoms with Crippen LogP contribution in [0.4, 0.5) is 5.69 Å². The van der Waals surface area contributed by atoms with Gasteiger partial charge in [-0.1, -0.05) is 43.3 Å². The summed E-state index contributed by atoms with van der Waals surface area (Å²) in [5, 5.41) is 17.0. The van der Waals surface area contributed by atoms with Gasteiger partial charge < -0.3 is 10.1 Å². The number of hydrazone groups is 1. The van der Waals surface area contributed by atoms with E-state index in [9.17, 15) is 4.79 Å². The van der Waals surface area contributed by atoms with E-state index in [0.717, 1.165) is 47.9 Å². The van der Waals surface area contributed by atoms with Crippen LogP contribution in [0.5, 0.6) is 5.75 Å². The van der Waals surface area contributed by atoms with Crippen molar-refractivity contribution in [2.45, 2.75) is 63.4 Å². The summed E-state index contributed by atoms with van der Waals surface area (Å²) in [6, 6.07) is 17.8. The highest BCUT2D eigenvalue weighted by Crippen LogP contribution is 2.27. The minimum atomic E-state index is -0.383. The van der Waals surface area contributed by atoms with E-state index in [2.05, 4.69) is 33.0 Å². The molecule has 1 amide bonds. The van der Waals surface area contributed by atoms with Crippen molar-refractivity contribution < 1.29 is 9.53 Å².